The van der Waals surface area contributed by atoms with Crippen molar-refractivity contribution < 1.29 is 4.74 Å². The summed E-state index contributed by atoms with van der Waals surface area (Å²) in [4.78, 5) is 0. The topological polar surface area (TPSA) is 9.23 Å². The molecule has 1 fully saturated rings. The third kappa shape index (κ3) is 3.76. The lowest BCUT2D eigenvalue weighted by atomic mass is 10.0. The van der Waals surface area contributed by atoms with Crippen LogP contribution in [0, 0.1) is 5.92 Å². The highest BCUT2D eigenvalue weighted by Gasteiger charge is 2.11. The molecule has 0 unspecified atom stereocenters. The highest BCUT2D eigenvalue weighted by atomic mass is 16.5. The molecule has 1 aliphatic rings. The van der Waals surface area contributed by atoms with E-state index in [1.165, 1.54) is 38.5 Å². The van der Waals surface area contributed by atoms with Gasteiger partial charge in [0.05, 0.1) is 0 Å². The van der Waals surface area contributed by atoms with E-state index in [1.807, 2.05) is 0 Å². The van der Waals surface area contributed by atoms with Gasteiger partial charge in [-0.2, -0.15) is 0 Å². The molecular formula is C10H20O. The van der Waals surface area contributed by atoms with Gasteiger partial charge in [-0.05, 0) is 25.7 Å². The monoisotopic (exact) mass is 156 g/mol. The summed E-state index contributed by atoms with van der Waals surface area (Å²) in [5.74, 6) is 0.873. The molecule has 1 heteroatoms. The Morgan fingerprint density at radius 2 is 1.73 bits per heavy atom. The van der Waals surface area contributed by atoms with Gasteiger partial charge in [-0.3, -0.25) is 0 Å². The lowest BCUT2D eigenvalue weighted by molar-refractivity contribution is 0.104. The molecule has 0 heterocycles. The molecule has 0 spiro atoms. The minimum absolute atomic E-state index is 0.873. The molecule has 0 N–H and O–H groups in total. The Labute approximate surface area is 70.1 Å². The summed E-state index contributed by atoms with van der Waals surface area (Å²) in [5, 5.41) is 0. The van der Waals surface area contributed by atoms with E-state index in [1.54, 1.807) is 0 Å². The van der Waals surface area contributed by atoms with Gasteiger partial charge in [-0.15, -0.1) is 0 Å². The highest BCUT2D eigenvalue weighted by Crippen LogP contribution is 2.22. The van der Waals surface area contributed by atoms with Crippen molar-refractivity contribution in [2.75, 3.05) is 13.2 Å². The van der Waals surface area contributed by atoms with Crippen LogP contribution >= 0.6 is 0 Å². The summed E-state index contributed by atoms with van der Waals surface area (Å²) in [6, 6.07) is 0. The number of hydrogen-bond donors (Lipinski definition) is 0. The van der Waals surface area contributed by atoms with E-state index in [9.17, 15) is 0 Å². The van der Waals surface area contributed by atoms with Crippen molar-refractivity contribution in [2.45, 2.75) is 45.4 Å². The maximum atomic E-state index is 5.43. The van der Waals surface area contributed by atoms with Gasteiger partial charge in [0.15, 0.2) is 0 Å². The second-order valence-corrected chi connectivity index (χ2v) is 3.52. The van der Waals surface area contributed by atoms with E-state index in [0.717, 1.165) is 19.1 Å². The average Bonchev–Trinajstić information content (AvgIpc) is 2.28. The van der Waals surface area contributed by atoms with Crippen LogP contribution in [0.4, 0.5) is 0 Å². The molecule has 0 aliphatic heterocycles. The summed E-state index contributed by atoms with van der Waals surface area (Å²) in [6.07, 6.45) is 8.56. The van der Waals surface area contributed by atoms with Crippen LogP contribution in [0.3, 0.4) is 0 Å². The van der Waals surface area contributed by atoms with Gasteiger partial charge in [-0.1, -0.05) is 25.7 Å². The first-order valence-corrected chi connectivity index (χ1v) is 5.01. The van der Waals surface area contributed by atoms with E-state index in [0.29, 0.717) is 0 Å². The van der Waals surface area contributed by atoms with Crippen molar-refractivity contribution in [3.8, 4) is 0 Å². The second kappa shape index (κ2) is 5.59. The van der Waals surface area contributed by atoms with E-state index in [2.05, 4.69) is 6.92 Å². The fourth-order valence-corrected chi connectivity index (χ4v) is 1.82. The molecular weight excluding hydrogens is 136 g/mol. The Morgan fingerprint density at radius 3 is 2.27 bits per heavy atom. The maximum absolute atomic E-state index is 5.43. The smallest absolute Gasteiger partial charge is 0.0494 e. The standard InChI is InChI=1S/C10H20O/c1-2-11-9-10-7-5-3-4-6-8-10/h10H,2-9H2,1H3. The van der Waals surface area contributed by atoms with Crippen LogP contribution < -0.4 is 0 Å². The molecule has 1 rings (SSSR count). The summed E-state index contributed by atoms with van der Waals surface area (Å²) >= 11 is 0. The van der Waals surface area contributed by atoms with Gasteiger partial charge in [0, 0.05) is 13.2 Å². The molecule has 1 saturated carbocycles. The molecule has 0 amide bonds. The lowest BCUT2D eigenvalue weighted by Crippen LogP contribution is -2.08. The zero-order valence-electron chi connectivity index (χ0n) is 7.64. The third-order valence-corrected chi connectivity index (χ3v) is 2.53. The van der Waals surface area contributed by atoms with Gasteiger partial charge < -0.3 is 4.74 Å². The van der Waals surface area contributed by atoms with E-state index in [4.69, 9.17) is 4.74 Å². The van der Waals surface area contributed by atoms with Crippen LogP contribution in [0.2, 0.25) is 0 Å². The van der Waals surface area contributed by atoms with E-state index < -0.39 is 0 Å². The first-order chi connectivity index (χ1) is 5.43. The molecule has 0 radical (unpaired) electrons. The number of hydrogen-bond acceptors (Lipinski definition) is 1. The van der Waals surface area contributed by atoms with Gasteiger partial charge in [-0.25, -0.2) is 0 Å². The molecule has 0 saturated heterocycles. The largest absolute Gasteiger partial charge is 0.381 e. The van der Waals surface area contributed by atoms with Crippen molar-refractivity contribution in [2.24, 2.45) is 5.92 Å². The Morgan fingerprint density at radius 1 is 1.09 bits per heavy atom. The number of ether oxygens (including phenoxy) is 1. The maximum Gasteiger partial charge on any atom is 0.0494 e. The quantitative estimate of drug-likeness (QED) is 0.571. The zero-order chi connectivity index (χ0) is 7.94. The Bertz CT molecular complexity index is 82.9. The normalized spacial score (nSPS) is 21.5. The molecule has 11 heavy (non-hydrogen) atoms. The first-order valence-electron chi connectivity index (χ1n) is 5.01. The van der Waals surface area contributed by atoms with Crippen molar-refractivity contribution in [1.29, 1.82) is 0 Å². The van der Waals surface area contributed by atoms with Crippen molar-refractivity contribution in [1.82, 2.24) is 0 Å². The van der Waals surface area contributed by atoms with Crippen molar-refractivity contribution in [3.63, 3.8) is 0 Å². The molecule has 1 aliphatic carbocycles. The van der Waals surface area contributed by atoms with Gasteiger partial charge in [0.1, 0.15) is 0 Å². The predicted octanol–water partition coefficient (Wildman–Crippen LogP) is 2.99. The summed E-state index contributed by atoms with van der Waals surface area (Å²) in [5.41, 5.74) is 0. The summed E-state index contributed by atoms with van der Waals surface area (Å²) in [6.45, 7) is 3.98. The van der Waals surface area contributed by atoms with Crippen LogP contribution in [-0.4, -0.2) is 13.2 Å². The van der Waals surface area contributed by atoms with E-state index in [-0.39, 0.29) is 0 Å². The molecule has 0 bridgehead atoms. The second-order valence-electron chi connectivity index (χ2n) is 3.52. The van der Waals surface area contributed by atoms with Gasteiger partial charge in [0.2, 0.25) is 0 Å². The van der Waals surface area contributed by atoms with E-state index >= 15 is 0 Å². The molecule has 0 aromatic heterocycles. The van der Waals surface area contributed by atoms with Gasteiger partial charge in [0.25, 0.3) is 0 Å². The lowest BCUT2D eigenvalue weighted by Gasteiger charge is -2.12. The molecule has 0 aromatic carbocycles. The van der Waals surface area contributed by atoms with Crippen molar-refractivity contribution in [3.05, 3.63) is 0 Å². The average molecular weight is 156 g/mol. The highest BCUT2D eigenvalue weighted by molar-refractivity contribution is 4.63. The summed E-state index contributed by atoms with van der Waals surface area (Å²) < 4.78 is 5.43. The summed E-state index contributed by atoms with van der Waals surface area (Å²) in [7, 11) is 0. The number of rotatable bonds is 3. The Balaban J connectivity index is 2.09. The SMILES string of the molecule is CCOCC1CCCCCC1. The molecule has 0 atom stereocenters. The fraction of sp³-hybridized carbons (Fsp3) is 1.00. The Hall–Kier alpha value is -0.0400. The van der Waals surface area contributed by atoms with Crippen molar-refractivity contribution >= 4 is 0 Å². The Kier molecular flexibility index (Phi) is 4.60. The molecule has 66 valence electrons. The van der Waals surface area contributed by atoms with Crippen LogP contribution in [0.25, 0.3) is 0 Å². The van der Waals surface area contributed by atoms with Crippen LogP contribution in [0.1, 0.15) is 45.4 Å². The minimum Gasteiger partial charge on any atom is -0.381 e. The fourth-order valence-electron chi connectivity index (χ4n) is 1.82. The molecule has 0 aromatic rings. The first kappa shape index (κ1) is 9.05. The zero-order valence-corrected chi connectivity index (χ0v) is 7.64. The van der Waals surface area contributed by atoms with Gasteiger partial charge >= 0.3 is 0 Å². The molecule has 1 nitrogen and oxygen atoms in total. The van der Waals surface area contributed by atoms with Crippen LogP contribution in [0.5, 0.6) is 0 Å². The predicted molar refractivity (Wildman–Crippen MR) is 47.7 cm³/mol. The van der Waals surface area contributed by atoms with Crippen LogP contribution in [-0.2, 0) is 4.74 Å². The minimum atomic E-state index is 0.873. The van der Waals surface area contributed by atoms with Crippen LogP contribution in [0.15, 0.2) is 0 Å². The third-order valence-electron chi connectivity index (χ3n) is 2.53.